The third-order valence-electron chi connectivity index (χ3n) is 3.06. The standard InChI is InChI=1S/C13H16ClNOS/c14-12-8-10(6-7-11(12)13(15)17)16-9-4-2-1-3-5-9/h6-9H,1-5H2,(H2,15,17). The zero-order valence-electron chi connectivity index (χ0n) is 9.62. The molecule has 2 rings (SSSR count). The highest BCUT2D eigenvalue weighted by Crippen LogP contribution is 2.27. The molecule has 17 heavy (non-hydrogen) atoms. The second-order valence-electron chi connectivity index (χ2n) is 4.38. The largest absolute Gasteiger partial charge is 0.490 e. The normalized spacial score (nSPS) is 16.8. The van der Waals surface area contributed by atoms with Crippen molar-refractivity contribution < 1.29 is 4.74 Å². The minimum absolute atomic E-state index is 0.319. The summed E-state index contributed by atoms with van der Waals surface area (Å²) in [6.45, 7) is 0. The molecule has 0 aliphatic heterocycles. The van der Waals surface area contributed by atoms with Gasteiger partial charge in [0.2, 0.25) is 0 Å². The molecule has 0 saturated heterocycles. The lowest BCUT2D eigenvalue weighted by atomic mass is 9.98. The highest BCUT2D eigenvalue weighted by Gasteiger charge is 2.15. The minimum Gasteiger partial charge on any atom is -0.490 e. The smallest absolute Gasteiger partial charge is 0.121 e. The van der Waals surface area contributed by atoms with Crippen LogP contribution in [-0.4, -0.2) is 11.1 Å². The van der Waals surface area contributed by atoms with Gasteiger partial charge in [-0.2, -0.15) is 0 Å². The predicted molar refractivity (Wildman–Crippen MR) is 74.8 cm³/mol. The molecule has 2 N–H and O–H groups in total. The van der Waals surface area contributed by atoms with E-state index in [2.05, 4.69) is 0 Å². The molecule has 1 aromatic carbocycles. The monoisotopic (exact) mass is 269 g/mol. The van der Waals surface area contributed by atoms with Gasteiger partial charge in [-0.25, -0.2) is 0 Å². The Kier molecular flexibility index (Phi) is 4.24. The molecule has 0 unspecified atom stereocenters. The van der Waals surface area contributed by atoms with E-state index >= 15 is 0 Å². The fraction of sp³-hybridized carbons (Fsp3) is 0.462. The molecule has 0 radical (unpaired) electrons. The summed E-state index contributed by atoms with van der Waals surface area (Å²) in [5, 5.41) is 0.561. The number of halogens is 1. The molecular formula is C13H16ClNOS. The van der Waals surface area contributed by atoms with Crippen LogP contribution in [0.25, 0.3) is 0 Å². The van der Waals surface area contributed by atoms with Gasteiger partial charge >= 0.3 is 0 Å². The van der Waals surface area contributed by atoms with Gasteiger partial charge in [0.1, 0.15) is 10.7 Å². The Hall–Kier alpha value is -0.800. The molecule has 1 aliphatic rings. The van der Waals surface area contributed by atoms with E-state index in [-0.39, 0.29) is 0 Å². The molecule has 0 amide bonds. The van der Waals surface area contributed by atoms with Crippen molar-refractivity contribution in [3.8, 4) is 5.75 Å². The van der Waals surface area contributed by atoms with Crippen LogP contribution in [0.15, 0.2) is 18.2 Å². The van der Waals surface area contributed by atoms with Crippen LogP contribution >= 0.6 is 23.8 Å². The Morgan fingerprint density at radius 1 is 1.29 bits per heavy atom. The molecule has 0 spiro atoms. The Morgan fingerprint density at radius 2 is 2.00 bits per heavy atom. The molecule has 1 aliphatic carbocycles. The molecule has 2 nitrogen and oxygen atoms in total. The van der Waals surface area contributed by atoms with E-state index in [1.807, 2.05) is 12.1 Å². The molecule has 4 heteroatoms. The lowest BCUT2D eigenvalue weighted by Gasteiger charge is -2.23. The summed E-state index contributed by atoms with van der Waals surface area (Å²) in [5.74, 6) is 0.807. The highest BCUT2D eigenvalue weighted by atomic mass is 35.5. The summed E-state index contributed by atoms with van der Waals surface area (Å²) in [6, 6.07) is 5.50. The first-order valence-corrected chi connectivity index (χ1v) is 6.71. The SMILES string of the molecule is NC(=S)c1ccc(OC2CCCCC2)cc1Cl. The van der Waals surface area contributed by atoms with Gasteiger partial charge in [-0.1, -0.05) is 30.2 Å². The Bertz CT molecular complexity index is 416. The molecular weight excluding hydrogens is 254 g/mol. The Balaban J connectivity index is 2.06. The van der Waals surface area contributed by atoms with E-state index in [1.54, 1.807) is 6.07 Å². The summed E-state index contributed by atoms with van der Waals surface area (Å²) in [5.41, 5.74) is 6.26. The van der Waals surface area contributed by atoms with Gasteiger partial charge in [0.15, 0.2) is 0 Å². The predicted octanol–water partition coefficient (Wildman–Crippen LogP) is 3.69. The molecule has 1 aromatic rings. The van der Waals surface area contributed by atoms with E-state index in [4.69, 9.17) is 34.3 Å². The van der Waals surface area contributed by atoms with E-state index in [1.165, 1.54) is 19.3 Å². The van der Waals surface area contributed by atoms with Gasteiger partial charge in [0.25, 0.3) is 0 Å². The van der Waals surface area contributed by atoms with Crippen molar-refractivity contribution in [1.82, 2.24) is 0 Å². The fourth-order valence-corrected chi connectivity index (χ4v) is 2.65. The molecule has 0 aromatic heterocycles. The number of hydrogen-bond donors (Lipinski definition) is 1. The average Bonchev–Trinajstić information content (AvgIpc) is 2.30. The zero-order valence-corrected chi connectivity index (χ0v) is 11.2. The number of thiocarbonyl (C=S) groups is 1. The quantitative estimate of drug-likeness (QED) is 0.850. The van der Waals surface area contributed by atoms with Gasteiger partial charge in [0, 0.05) is 5.56 Å². The van der Waals surface area contributed by atoms with Crippen molar-refractivity contribution in [2.45, 2.75) is 38.2 Å². The first kappa shape index (κ1) is 12.7. The van der Waals surface area contributed by atoms with Gasteiger partial charge < -0.3 is 10.5 Å². The van der Waals surface area contributed by atoms with Crippen molar-refractivity contribution >= 4 is 28.8 Å². The maximum atomic E-state index is 6.09. The zero-order chi connectivity index (χ0) is 12.3. The van der Waals surface area contributed by atoms with Crippen molar-refractivity contribution in [1.29, 1.82) is 0 Å². The van der Waals surface area contributed by atoms with Crippen LogP contribution in [0.2, 0.25) is 5.02 Å². The number of rotatable bonds is 3. The van der Waals surface area contributed by atoms with Crippen molar-refractivity contribution in [3.05, 3.63) is 28.8 Å². The Labute approximate surface area is 112 Å². The van der Waals surface area contributed by atoms with E-state index in [0.29, 0.717) is 21.7 Å². The van der Waals surface area contributed by atoms with Crippen molar-refractivity contribution in [2.24, 2.45) is 5.73 Å². The number of nitrogens with two attached hydrogens (primary N) is 1. The van der Waals surface area contributed by atoms with E-state index in [9.17, 15) is 0 Å². The van der Waals surface area contributed by atoms with Gasteiger partial charge in [-0.3, -0.25) is 0 Å². The second-order valence-corrected chi connectivity index (χ2v) is 5.23. The van der Waals surface area contributed by atoms with Crippen LogP contribution in [0.5, 0.6) is 5.75 Å². The van der Waals surface area contributed by atoms with Crippen LogP contribution < -0.4 is 10.5 Å². The van der Waals surface area contributed by atoms with Crippen LogP contribution in [-0.2, 0) is 0 Å². The van der Waals surface area contributed by atoms with E-state index in [0.717, 1.165) is 18.6 Å². The van der Waals surface area contributed by atoms with Crippen LogP contribution in [0.3, 0.4) is 0 Å². The lowest BCUT2D eigenvalue weighted by molar-refractivity contribution is 0.155. The van der Waals surface area contributed by atoms with Crippen molar-refractivity contribution in [2.75, 3.05) is 0 Å². The molecule has 1 fully saturated rings. The Morgan fingerprint density at radius 3 is 2.59 bits per heavy atom. The third-order valence-corrected chi connectivity index (χ3v) is 3.59. The summed E-state index contributed by atoms with van der Waals surface area (Å²) in [4.78, 5) is 0.319. The molecule has 1 saturated carbocycles. The number of hydrogen-bond acceptors (Lipinski definition) is 2. The van der Waals surface area contributed by atoms with Crippen LogP contribution in [0, 0.1) is 0 Å². The highest BCUT2D eigenvalue weighted by molar-refractivity contribution is 7.80. The summed E-state index contributed by atoms with van der Waals surface area (Å²) in [6.07, 6.45) is 6.42. The molecule has 0 heterocycles. The topological polar surface area (TPSA) is 35.2 Å². The molecule has 0 atom stereocenters. The first-order chi connectivity index (χ1) is 8.16. The van der Waals surface area contributed by atoms with Gasteiger partial charge in [-0.15, -0.1) is 0 Å². The maximum absolute atomic E-state index is 6.09. The summed E-state index contributed by atoms with van der Waals surface area (Å²) in [7, 11) is 0. The molecule has 0 bridgehead atoms. The maximum Gasteiger partial charge on any atom is 0.121 e. The second kappa shape index (κ2) is 5.69. The minimum atomic E-state index is 0.319. The summed E-state index contributed by atoms with van der Waals surface area (Å²) < 4.78 is 5.90. The van der Waals surface area contributed by atoms with Gasteiger partial charge in [0.05, 0.1) is 11.1 Å². The van der Waals surface area contributed by atoms with Crippen molar-refractivity contribution in [3.63, 3.8) is 0 Å². The third kappa shape index (κ3) is 3.33. The summed E-state index contributed by atoms with van der Waals surface area (Å²) >= 11 is 11.0. The molecule has 92 valence electrons. The van der Waals surface area contributed by atoms with Crippen LogP contribution in [0.4, 0.5) is 0 Å². The van der Waals surface area contributed by atoms with E-state index < -0.39 is 0 Å². The van der Waals surface area contributed by atoms with Crippen LogP contribution in [0.1, 0.15) is 37.7 Å². The number of ether oxygens (including phenoxy) is 1. The number of benzene rings is 1. The first-order valence-electron chi connectivity index (χ1n) is 5.93. The van der Waals surface area contributed by atoms with Gasteiger partial charge in [-0.05, 0) is 43.9 Å². The fourth-order valence-electron chi connectivity index (χ4n) is 2.14. The average molecular weight is 270 g/mol. The lowest BCUT2D eigenvalue weighted by Crippen LogP contribution is -2.19.